The van der Waals surface area contributed by atoms with Gasteiger partial charge in [-0.15, -0.1) is 0 Å². The SMILES string of the molecule is [2H]C1([2H])COCC([2H])([2H])C1NCc1ccc(-c2cc(-c3nc(-c4ccc(S(=O)(=O)C(C)C)cc4)cnc3N)on2)cc1. The standard InChI is InChI=1S/C28H31N5O4S/c1-18(2)38(34,35)23-9-7-21(8-10-23)25-17-31-28(29)27(32-25)26-15-24(33-37-26)20-5-3-19(4-6-20)16-30-22-11-13-36-14-12-22/h3-10,15,17-18,22,30H,11-14,16H2,1-2H3,(H2,29,31)/i11D2,12D2. The molecular weight excluding hydrogens is 502 g/mol. The van der Waals surface area contributed by atoms with Crippen LogP contribution < -0.4 is 11.1 Å². The molecular formula is C28H31N5O4S. The number of rotatable bonds is 8. The normalized spacial score (nSPS) is 18.9. The Kier molecular flexibility index (Phi) is 6.19. The summed E-state index contributed by atoms with van der Waals surface area (Å²) in [5.74, 6) is 0.459. The summed E-state index contributed by atoms with van der Waals surface area (Å²) in [6.07, 6.45) is -2.16. The van der Waals surface area contributed by atoms with Crippen LogP contribution in [-0.4, -0.2) is 48.0 Å². The summed E-state index contributed by atoms with van der Waals surface area (Å²) in [5, 5.41) is 6.64. The summed E-state index contributed by atoms with van der Waals surface area (Å²) >= 11 is 0. The molecule has 198 valence electrons. The fourth-order valence-electron chi connectivity index (χ4n) is 3.89. The Morgan fingerprint density at radius 3 is 2.39 bits per heavy atom. The number of hydrogen-bond acceptors (Lipinski definition) is 9. The molecule has 0 unspecified atom stereocenters. The van der Waals surface area contributed by atoms with Gasteiger partial charge >= 0.3 is 0 Å². The van der Waals surface area contributed by atoms with Crippen LogP contribution in [0.15, 0.2) is 70.2 Å². The fourth-order valence-corrected chi connectivity index (χ4v) is 4.95. The van der Waals surface area contributed by atoms with Gasteiger partial charge in [0.15, 0.2) is 27.1 Å². The van der Waals surface area contributed by atoms with Crippen molar-refractivity contribution in [3.63, 3.8) is 0 Å². The molecule has 0 radical (unpaired) electrons. The number of hydrogen-bond donors (Lipinski definition) is 2. The highest BCUT2D eigenvalue weighted by molar-refractivity contribution is 7.92. The smallest absolute Gasteiger partial charge is 0.189 e. The Balaban J connectivity index is 1.31. The van der Waals surface area contributed by atoms with E-state index >= 15 is 0 Å². The Bertz CT molecular complexity index is 1660. The number of ether oxygens (including phenoxy) is 1. The molecule has 9 nitrogen and oxygen atoms in total. The predicted octanol–water partition coefficient (Wildman–Crippen LogP) is 4.50. The second-order valence-electron chi connectivity index (χ2n) is 9.10. The Morgan fingerprint density at radius 2 is 1.71 bits per heavy atom. The molecule has 0 atom stereocenters. The van der Waals surface area contributed by atoms with Crippen molar-refractivity contribution in [1.82, 2.24) is 20.4 Å². The number of nitrogens with zero attached hydrogens (tertiary/aromatic N) is 3. The van der Waals surface area contributed by atoms with Crippen molar-refractivity contribution in [1.29, 1.82) is 0 Å². The largest absolute Gasteiger partial charge is 0.382 e. The van der Waals surface area contributed by atoms with Crippen molar-refractivity contribution in [2.45, 2.75) is 49.3 Å². The Labute approximate surface area is 228 Å². The average Bonchev–Trinajstić information content (AvgIpc) is 3.43. The summed E-state index contributed by atoms with van der Waals surface area (Å²) < 4.78 is 68.1. The number of aromatic nitrogens is 3. The molecule has 0 bridgehead atoms. The molecule has 10 heteroatoms. The summed E-state index contributed by atoms with van der Waals surface area (Å²) in [7, 11) is -3.40. The van der Waals surface area contributed by atoms with E-state index in [0.717, 1.165) is 11.1 Å². The minimum absolute atomic E-state index is 0.148. The lowest BCUT2D eigenvalue weighted by Crippen LogP contribution is -2.34. The monoisotopic (exact) mass is 537 g/mol. The van der Waals surface area contributed by atoms with E-state index in [-0.39, 0.29) is 30.5 Å². The van der Waals surface area contributed by atoms with E-state index in [9.17, 15) is 8.42 Å². The van der Waals surface area contributed by atoms with Gasteiger partial charge in [-0.3, -0.25) is 0 Å². The maximum Gasteiger partial charge on any atom is 0.189 e. The van der Waals surface area contributed by atoms with Gasteiger partial charge in [0.05, 0.1) is 22.0 Å². The average molecular weight is 538 g/mol. The van der Waals surface area contributed by atoms with Gasteiger partial charge in [0.1, 0.15) is 5.69 Å². The maximum absolute atomic E-state index is 12.4. The molecule has 3 heterocycles. The van der Waals surface area contributed by atoms with Crippen LogP contribution in [0.4, 0.5) is 5.82 Å². The Morgan fingerprint density at radius 1 is 1.05 bits per heavy atom. The van der Waals surface area contributed by atoms with Gasteiger partial charge in [-0.2, -0.15) is 0 Å². The van der Waals surface area contributed by atoms with Crippen LogP contribution in [0.25, 0.3) is 34.0 Å². The Hall–Kier alpha value is -3.60. The van der Waals surface area contributed by atoms with Crippen LogP contribution in [0.5, 0.6) is 0 Å². The van der Waals surface area contributed by atoms with Gasteiger partial charge in [0.25, 0.3) is 0 Å². The van der Waals surface area contributed by atoms with Crippen molar-refractivity contribution < 1.29 is 23.2 Å². The molecule has 5 rings (SSSR count). The molecule has 1 aliphatic heterocycles. The van der Waals surface area contributed by atoms with E-state index in [4.69, 9.17) is 20.5 Å². The molecule has 38 heavy (non-hydrogen) atoms. The molecule has 1 saturated heterocycles. The molecule has 0 aliphatic carbocycles. The predicted molar refractivity (Wildman–Crippen MR) is 146 cm³/mol. The van der Waals surface area contributed by atoms with E-state index in [1.807, 2.05) is 24.3 Å². The van der Waals surface area contributed by atoms with Crippen molar-refractivity contribution in [3.05, 3.63) is 66.4 Å². The first-order valence-electron chi connectivity index (χ1n) is 14.1. The molecule has 2 aromatic heterocycles. The summed E-state index contributed by atoms with van der Waals surface area (Å²) in [6.45, 7) is 3.22. The lowest BCUT2D eigenvalue weighted by atomic mass is 10.1. The fraction of sp³-hybridized carbons (Fsp3) is 0.321. The van der Waals surface area contributed by atoms with Gasteiger partial charge in [-0.1, -0.05) is 41.6 Å². The number of nitrogens with one attached hydrogen (secondary N) is 1. The second-order valence-corrected chi connectivity index (χ2v) is 11.6. The summed E-state index contributed by atoms with van der Waals surface area (Å²) in [6, 6.07) is 14.5. The van der Waals surface area contributed by atoms with Gasteiger partial charge < -0.3 is 20.3 Å². The quantitative estimate of drug-likeness (QED) is 0.333. The lowest BCUT2D eigenvalue weighted by molar-refractivity contribution is 0.0776. The molecule has 0 amide bonds. The van der Waals surface area contributed by atoms with E-state index in [2.05, 4.69) is 20.4 Å². The van der Waals surface area contributed by atoms with Crippen LogP contribution in [0.3, 0.4) is 0 Å². The van der Waals surface area contributed by atoms with Crippen molar-refractivity contribution in [3.8, 4) is 34.0 Å². The molecule has 1 aliphatic rings. The minimum atomic E-state index is -3.40. The van der Waals surface area contributed by atoms with Gasteiger partial charge in [0, 0.05) is 48.5 Å². The highest BCUT2D eigenvalue weighted by atomic mass is 32.2. The van der Waals surface area contributed by atoms with E-state index in [1.54, 1.807) is 44.2 Å². The second kappa shape index (κ2) is 11.0. The third kappa shape index (κ3) is 5.62. The number of benzene rings is 2. The molecule has 4 aromatic rings. The van der Waals surface area contributed by atoms with E-state index in [0.29, 0.717) is 28.4 Å². The van der Waals surface area contributed by atoms with E-state index in [1.165, 1.54) is 6.20 Å². The zero-order chi connectivity index (χ0) is 30.3. The molecule has 0 spiro atoms. The first-order chi connectivity index (χ1) is 19.8. The van der Waals surface area contributed by atoms with Gasteiger partial charge in [0.2, 0.25) is 0 Å². The van der Waals surface area contributed by atoms with Gasteiger partial charge in [-0.05, 0) is 44.3 Å². The molecule has 2 aromatic carbocycles. The molecule has 3 N–H and O–H groups in total. The third-order valence-electron chi connectivity index (χ3n) is 6.18. The lowest BCUT2D eigenvalue weighted by Gasteiger charge is -2.23. The van der Waals surface area contributed by atoms with Crippen LogP contribution in [0, 0.1) is 0 Å². The van der Waals surface area contributed by atoms with Gasteiger partial charge in [-0.25, -0.2) is 18.4 Å². The molecule has 1 fully saturated rings. The van der Waals surface area contributed by atoms with Crippen molar-refractivity contribution in [2.24, 2.45) is 0 Å². The zero-order valence-corrected chi connectivity index (χ0v) is 21.8. The highest BCUT2D eigenvalue weighted by Gasteiger charge is 2.20. The van der Waals surface area contributed by atoms with Crippen molar-refractivity contribution in [2.75, 3.05) is 18.9 Å². The highest BCUT2D eigenvalue weighted by Crippen LogP contribution is 2.30. The van der Waals surface area contributed by atoms with Crippen LogP contribution >= 0.6 is 0 Å². The topological polar surface area (TPSA) is 133 Å². The minimum Gasteiger partial charge on any atom is -0.382 e. The van der Waals surface area contributed by atoms with Crippen LogP contribution in [-0.2, 0) is 21.1 Å². The first kappa shape index (κ1) is 21.3. The third-order valence-corrected chi connectivity index (χ3v) is 8.35. The molecule has 0 saturated carbocycles. The first-order valence-corrected chi connectivity index (χ1v) is 13.7. The van der Waals surface area contributed by atoms with Crippen LogP contribution in [0.2, 0.25) is 0 Å². The number of nitrogen functional groups attached to an aromatic ring is 1. The number of anilines is 1. The summed E-state index contributed by atoms with van der Waals surface area (Å²) in [4.78, 5) is 9.08. The zero-order valence-electron chi connectivity index (χ0n) is 25.0. The van der Waals surface area contributed by atoms with Crippen molar-refractivity contribution >= 4 is 15.7 Å². The van der Waals surface area contributed by atoms with E-state index < -0.39 is 33.9 Å². The summed E-state index contributed by atoms with van der Waals surface area (Å²) in [5.41, 5.74) is 9.69. The van der Waals surface area contributed by atoms with Crippen LogP contribution in [0.1, 0.15) is 37.6 Å². The maximum atomic E-state index is 12.4. The number of nitrogens with two attached hydrogens (primary N) is 1. The number of sulfone groups is 1.